The van der Waals surface area contributed by atoms with Gasteiger partial charge in [0.2, 0.25) is 17.7 Å². The Balaban J connectivity index is 1.09. The van der Waals surface area contributed by atoms with Gasteiger partial charge in [0, 0.05) is 57.9 Å². The Bertz CT molecular complexity index is 2170. The van der Waals surface area contributed by atoms with Gasteiger partial charge in [0.15, 0.2) is 0 Å². The van der Waals surface area contributed by atoms with Gasteiger partial charge < -0.3 is 36.9 Å². The van der Waals surface area contributed by atoms with Crippen molar-refractivity contribution in [2.45, 2.75) is 70.2 Å². The van der Waals surface area contributed by atoms with Gasteiger partial charge in [-0.05, 0) is 98.8 Å². The fraction of sp³-hybridized carbons (Fsp3) is 0.333. The number of likely N-dealkylation sites (tertiary alicyclic amines) is 1. The van der Waals surface area contributed by atoms with Gasteiger partial charge in [0.1, 0.15) is 12.1 Å². The molecule has 0 bridgehead atoms. The van der Waals surface area contributed by atoms with Crippen molar-refractivity contribution in [2.75, 3.05) is 31.5 Å². The molecule has 1 aromatic heterocycles. The zero-order valence-corrected chi connectivity index (χ0v) is 34.5. The van der Waals surface area contributed by atoms with Crippen LogP contribution in [0.3, 0.4) is 0 Å². The summed E-state index contributed by atoms with van der Waals surface area (Å²) in [6.45, 7) is 3.64. The summed E-state index contributed by atoms with van der Waals surface area (Å²) in [6, 6.07) is 27.7. The number of hydrogen-bond acceptors (Lipinski definition) is 6. The third-order valence-corrected chi connectivity index (χ3v) is 11.1. The topological polar surface area (TPSA) is 163 Å². The highest BCUT2D eigenvalue weighted by molar-refractivity contribution is 6.36. The van der Waals surface area contributed by atoms with Crippen molar-refractivity contribution in [3.8, 4) is 0 Å². The number of nitrogens with zero attached hydrogens (tertiary/aromatic N) is 2. The van der Waals surface area contributed by atoms with Crippen molar-refractivity contribution in [3.05, 3.63) is 136 Å². The van der Waals surface area contributed by atoms with Crippen molar-refractivity contribution in [1.29, 1.82) is 0 Å². The van der Waals surface area contributed by atoms with Gasteiger partial charge >= 0.3 is 6.03 Å². The minimum absolute atomic E-state index is 0.254. The smallest absolute Gasteiger partial charge is 0.319 e. The molecule has 6 rings (SSSR count). The molecule has 1 saturated heterocycles. The van der Waals surface area contributed by atoms with Crippen molar-refractivity contribution < 1.29 is 19.2 Å². The second-order valence-corrected chi connectivity index (χ2v) is 15.7. The van der Waals surface area contributed by atoms with E-state index in [-0.39, 0.29) is 18.9 Å². The largest absolute Gasteiger partial charge is 0.350 e. The third-order valence-electron chi connectivity index (χ3n) is 10.4. The Morgan fingerprint density at radius 3 is 2.12 bits per heavy atom. The summed E-state index contributed by atoms with van der Waals surface area (Å²) in [5, 5.41) is 16.2. The van der Waals surface area contributed by atoms with Crippen LogP contribution in [0.2, 0.25) is 10.0 Å². The average molecular weight is 840 g/mol. The molecule has 0 saturated carbocycles. The maximum Gasteiger partial charge on any atom is 0.319 e. The summed E-state index contributed by atoms with van der Waals surface area (Å²) in [4.78, 5) is 56.0. The number of halogens is 2. The molecule has 4 aromatic carbocycles. The first-order valence-corrected chi connectivity index (χ1v) is 20.9. The number of carbonyl (C=O) groups is 4. The molecular formula is C45H52Cl2N8O4. The average Bonchev–Trinajstić information content (AvgIpc) is 3.88. The molecule has 310 valence electrons. The van der Waals surface area contributed by atoms with Crippen LogP contribution in [0.15, 0.2) is 103 Å². The van der Waals surface area contributed by atoms with E-state index in [9.17, 15) is 19.2 Å². The molecule has 14 heteroatoms. The number of anilines is 1. The monoisotopic (exact) mass is 838 g/mol. The van der Waals surface area contributed by atoms with Crippen molar-refractivity contribution >= 4 is 63.5 Å². The molecule has 2 atom stereocenters. The first-order valence-electron chi connectivity index (χ1n) is 20.1. The Kier molecular flexibility index (Phi) is 15.8. The highest BCUT2D eigenvalue weighted by Crippen LogP contribution is 2.31. The lowest BCUT2D eigenvalue weighted by Crippen LogP contribution is -2.55. The number of amides is 5. The number of aromatic nitrogens is 1. The van der Waals surface area contributed by atoms with E-state index < -0.39 is 29.9 Å². The molecule has 59 heavy (non-hydrogen) atoms. The summed E-state index contributed by atoms with van der Waals surface area (Å²) in [5.74, 6) is -1.41. The molecule has 0 unspecified atom stereocenters. The van der Waals surface area contributed by atoms with E-state index in [1.54, 1.807) is 0 Å². The quantitative estimate of drug-likeness (QED) is 0.0530. The molecule has 5 aromatic rings. The van der Waals surface area contributed by atoms with Gasteiger partial charge in [0.05, 0.1) is 13.1 Å². The summed E-state index contributed by atoms with van der Waals surface area (Å²) >= 11 is 13.1. The Morgan fingerprint density at radius 1 is 0.729 bits per heavy atom. The van der Waals surface area contributed by atoms with Gasteiger partial charge in [-0.25, -0.2) is 4.79 Å². The van der Waals surface area contributed by atoms with E-state index >= 15 is 0 Å². The predicted octanol–water partition coefficient (Wildman–Crippen LogP) is 6.37. The number of urea groups is 1. The van der Waals surface area contributed by atoms with E-state index in [1.807, 2.05) is 97.1 Å². The van der Waals surface area contributed by atoms with Gasteiger partial charge in [-0.3, -0.25) is 19.3 Å². The summed E-state index contributed by atoms with van der Waals surface area (Å²) in [5.41, 5.74) is 11.0. The highest BCUT2D eigenvalue weighted by atomic mass is 35.5. The molecule has 0 aliphatic carbocycles. The van der Waals surface area contributed by atoms with Crippen LogP contribution in [-0.4, -0.2) is 71.5 Å². The first kappa shape index (κ1) is 43.2. The summed E-state index contributed by atoms with van der Waals surface area (Å²) in [6.07, 6.45) is 6.21. The predicted molar refractivity (Wildman–Crippen MR) is 234 cm³/mol. The summed E-state index contributed by atoms with van der Waals surface area (Å²) in [7, 11) is 0. The molecule has 0 radical (unpaired) electrons. The molecule has 7 N–H and O–H groups in total. The Hall–Kier alpha value is -5.40. The third kappa shape index (κ3) is 12.5. The number of unbranched alkanes of at least 4 members (excludes halogenated alkanes) is 1. The molecule has 5 amide bonds. The van der Waals surface area contributed by atoms with E-state index in [4.69, 9.17) is 28.9 Å². The Morgan fingerprint density at radius 2 is 1.42 bits per heavy atom. The number of carbonyl (C=O) groups excluding carboxylic acids is 4. The van der Waals surface area contributed by atoms with Crippen LogP contribution in [0.5, 0.6) is 0 Å². The second-order valence-electron chi connectivity index (χ2n) is 14.9. The molecule has 2 heterocycles. The molecule has 1 aliphatic heterocycles. The van der Waals surface area contributed by atoms with Gasteiger partial charge in [-0.2, -0.15) is 0 Å². The fourth-order valence-electron chi connectivity index (χ4n) is 7.32. The number of nitrogens with two attached hydrogens (primary N) is 1. The van der Waals surface area contributed by atoms with Gasteiger partial charge in [-0.15, -0.1) is 0 Å². The first-order chi connectivity index (χ1) is 28.7. The lowest BCUT2D eigenvalue weighted by atomic mass is 10.0. The molecule has 1 aliphatic rings. The molecule has 0 spiro atoms. The van der Waals surface area contributed by atoms with Crippen LogP contribution in [0.25, 0.3) is 10.9 Å². The summed E-state index contributed by atoms with van der Waals surface area (Å²) < 4.78 is 2.13. The van der Waals surface area contributed by atoms with Crippen molar-refractivity contribution in [3.63, 3.8) is 0 Å². The minimum Gasteiger partial charge on any atom is -0.350 e. The van der Waals surface area contributed by atoms with Crippen LogP contribution in [-0.2, 0) is 40.4 Å². The van der Waals surface area contributed by atoms with E-state index in [2.05, 4.69) is 42.2 Å². The number of fused-ring (bicyclic) bond motifs is 1. The fourth-order valence-corrected chi connectivity index (χ4v) is 7.84. The van der Waals surface area contributed by atoms with Crippen LogP contribution < -0.4 is 32.3 Å². The number of hydrogen-bond donors (Lipinski definition) is 6. The number of rotatable bonds is 19. The SMILES string of the molecule is NCCCC[C@H](NC(=O)CNC(=O)Nc1ccc2c(c1)c(CN1CCCC1)cn2Cc1c(Cl)cccc1Cl)C(=O)N[C@@H](Cc1ccccc1)C(=O)NCc1ccccc1. The second kappa shape index (κ2) is 21.6. The van der Waals surface area contributed by atoms with E-state index in [1.165, 1.54) is 0 Å². The lowest BCUT2D eigenvalue weighted by Gasteiger charge is -2.23. The maximum atomic E-state index is 13.8. The van der Waals surface area contributed by atoms with Gasteiger partial charge in [0.25, 0.3) is 0 Å². The zero-order valence-electron chi connectivity index (χ0n) is 33.0. The van der Waals surface area contributed by atoms with E-state index in [0.29, 0.717) is 54.6 Å². The van der Waals surface area contributed by atoms with Crippen LogP contribution >= 0.6 is 23.2 Å². The standard InChI is InChI=1S/C45H52Cl2N8O4/c46-37-16-11-17-38(47)36(37)30-55-29-33(28-54-22-9-10-23-54)35-25-34(19-20-41(35)55)51-45(59)50-27-42(56)52-39(18-7-8-21-48)44(58)53-40(24-31-12-3-1-4-13-31)43(57)49-26-32-14-5-2-6-15-32/h1-6,11-17,19-20,25,29,39-40H,7-10,18,21-24,26-28,30,48H2,(H,49,57)(H,52,56)(H,53,58)(H2,50,51,59)/t39-,40-/m0/s1. The maximum absolute atomic E-state index is 13.8. The molecule has 1 fully saturated rings. The highest BCUT2D eigenvalue weighted by Gasteiger charge is 2.27. The number of benzene rings is 4. The molecule has 12 nitrogen and oxygen atoms in total. The lowest BCUT2D eigenvalue weighted by molar-refractivity contribution is -0.132. The van der Waals surface area contributed by atoms with E-state index in [0.717, 1.165) is 65.6 Å². The van der Waals surface area contributed by atoms with Gasteiger partial charge in [-0.1, -0.05) is 89.9 Å². The minimum atomic E-state index is -0.958. The van der Waals surface area contributed by atoms with Crippen molar-refractivity contribution in [1.82, 2.24) is 30.7 Å². The Labute approximate surface area is 355 Å². The molecular weight excluding hydrogens is 787 g/mol. The van der Waals surface area contributed by atoms with Crippen molar-refractivity contribution in [2.24, 2.45) is 5.73 Å². The van der Waals surface area contributed by atoms with Crippen LogP contribution in [0.4, 0.5) is 10.5 Å². The number of nitrogens with one attached hydrogen (secondary N) is 5. The zero-order chi connectivity index (χ0) is 41.6. The van der Waals surface area contributed by atoms with Crippen LogP contribution in [0.1, 0.15) is 54.4 Å². The normalized spacial score (nSPS) is 13.7. The van der Waals surface area contributed by atoms with Crippen LogP contribution in [0, 0.1) is 0 Å².